The highest BCUT2D eigenvalue weighted by Gasteiger charge is 2.07. The lowest BCUT2D eigenvalue weighted by Gasteiger charge is -2.03. The van der Waals surface area contributed by atoms with Crippen LogP contribution in [0.15, 0.2) is 48.8 Å². The molecule has 112 valence electrons. The second-order valence-electron chi connectivity index (χ2n) is 5.22. The van der Waals surface area contributed by atoms with Gasteiger partial charge in [-0.05, 0) is 36.8 Å². The molecule has 4 nitrogen and oxygen atoms in total. The second-order valence-corrected chi connectivity index (χ2v) is 5.22. The maximum absolute atomic E-state index is 13.1. The molecule has 0 spiro atoms. The Labute approximate surface area is 127 Å². The van der Waals surface area contributed by atoms with E-state index in [1.165, 1.54) is 18.2 Å². The number of aromatic nitrogens is 2. The van der Waals surface area contributed by atoms with Crippen molar-refractivity contribution < 1.29 is 9.18 Å². The zero-order valence-electron chi connectivity index (χ0n) is 12.2. The van der Waals surface area contributed by atoms with Crippen LogP contribution < -0.4 is 5.32 Å². The molecule has 0 fully saturated rings. The largest absolute Gasteiger partial charge is 0.352 e. The highest BCUT2D eigenvalue weighted by molar-refractivity contribution is 5.94. The van der Waals surface area contributed by atoms with Crippen LogP contribution in [0.25, 0.3) is 5.65 Å². The van der Waals surface area contributed by atoms with Gasteiger partial charge in [0.2, 0.25) is 0 Å². The Bertz CT molecular complexity index is 826. The first-order chi connectivity index (χ1) is 10.6. The quantitative estimate of drug-likeness (QED) is 0.805. The van der Waals surface area contributed by atoms with Crippen LogP contribution in [0.5, 0.6) is 0 Å². The first-order valence-corrected chi connectivity index (χ1v) is 7.10. The van der Waals surface area contributed by atoms with Crippen molar-refractivity contribution in [2.24, 2.45) is 0 Å². The summed E-state index contributed by atoms with van der Waals surface area (Å²) in [6, 6.07) is 9.63. The summed E-state index contributed by atoms with van der Waals surface area (Å²) in [5.41, 5.74) is 3.28. The van der Waals surface area contributed by atoms with E-state index in [0.717, 1.165) is 16.9 Å². The SMILES string of the molecule is Cc1ccc2nc(CCNC(=O)c3cccc(F)c3)cn2c1. The van der Waals surface area contributed by atoms with Gasteiger partial charge in [-0.2, -0.15) is 0 Å². The van der Waals surface area contributed by atoms with E-state index < -0.39 is 5.82 Å². The topological polar surface area (TPSA) is 46.4 Å². The minimum atomic E-state index is -0.414. The Morgan fingerprint density at radius 1 is 1.27 bits per heavy atom. The molecule has 0 unspecified atom stereocenters. The number of pyridine rings is 1. The van der Waals surface area contributed by atoms with Gasteiger partial charge in [0, 0.05) is 30.9 Å². The van der Waals surface area contributed by atoms with E-state index in [4.69, 9.17) is 0 Å². The summed E-state index contributed by atoms with van der Waals surface area (Å²) in [5, 5.41) is 2.78. The third kappa shape index (κ3) is 3.14. The number of nitrogens with zero attached hydrogens (tertiary/aromatic N) is 2. The van der Waals surface area contributed by atoms with Crippen LogP contribution >= 0.6 is 0 Å². The summed E-state index contributed by atoms with van der Waals surface area (Å²) in [7, 11) is 0. The summed E-state index contributed by atoms with van der Waals surface area (Å²) in [5.74, 6) is -0.692. The molecule has 1 aromatic carbocycles. The number of carbonyl (C=O) groups is 1. The van der Waals surface area contributed by atoms with Crippen molar-refractivity contribution in [1.82, 2.24) is 14.7 Å². The zero-order chi connectivity index (χ0) is 15.5. The van der Waals surface area contributed by atoms with Crippen molar-refractivity contribution in [1.29, 1.82) is 0 Å². The molecular formula is C17H16FN3O. The number of hydrogen-bond donors (Lipinski definition) is 1. The van der Waals surface area contributed by atoms with Crippen LogP contribution in [0.4, 0.5) is 4.39 Å². The predicted octanol–water partition coefficient (Wildman–Crippen LogP) is 2.75. The van der Waals surface area contributed by atoms with Crippen LogP contribution in [0.2, 0.25) is 0 Å². The number of benzene rings is 1. The smallest absolute Gasteiger partial charge is 0.251 e. The molecule has 3 rings (SSSR count). The van der Waals surface area contributed by atoms with Crippen LogP contribution in [0, 0.1) is 12.7 Å². The van der Waals surface area contributed by atoms with E-state index in [9.17, 15) is 9.18 Å². The number of rotatable bonds is 4. The first-order valence-electron chi connectivity index (χ1n) is 7.10. The Morgan fingerprint density at radius 3 is 2.95 bits per heavy atom. The van der Waals surface area contributed by atoms with E-state index >= 15 is 0 Å². The highest BCUT2D eigenvalue weighted by atomic mass is 19.1. The van der Waals surface area contributed by atoms with Gasteiger partial charge in [0.1, 0.15) is 11.5 Å². The molecule has 0 radical (unpaired) electrons. The standard InChI is InChI=1S/C17H16FN3O/c1-12-5-6-16-20-15(11-21(16)10-12)7-8-19-17(22)13-3-2-4-14(18)9-13/h2-6,9-11H,7-8H2,1H3,(H,19,22). The van der Waals surface area contributed by atoms with Gasteiger partial charge in [-0.1, -0.05) is 12.1 Å². The lowest BCUT2D eigenvalue weighted by molar-refractivity contribution is 0.0953. The molecule has 0 aliphatic heterocycles. The van der Waals surface area contributed by atoms with Crippen molar-refractivity contribution >= 4 is 11.6 Å². The van der Waals surface area contributed by atoms with Crippen molar-refractivity contribution in [2.45, 2.75) is 13.3 Å². The molecule has 1 N–H and O–H groups in total. The van der Waals surface area contributed by atoms with E-state index in [2.05, 4.69) is 10.3 Å². The number of fused-ring (bicyclic) bond motifs is 1. The fraction of sp³-hybridized carbons (Fsp3) is 0.176. The fourth-order valence-electron chi connectivity index (χ4n) is 2.31. The van der Waals surface area contributed by atoms with Crippen molar-refractivity contribution in [3.05, 3.63) is 71.4 Å². The Kier molecular flexibility index (Phi) is 3.87. The van der Waals surface area contributed by atoms with Gasteiger partial charge < -0.3 is 9.72 Å². The number of hydrogen-bond acceptors (Lipinski definition) is 2. The molecule has 0 saturated carbocycles. The van der Waals surface area contributed by atoms with Crippen LogP contribution in [-0.4, -0.2) is 21.8 Å². The zero-order valence-corrected chi connectivity index (χ0v) is 12.2. The molecule has 0 aliphatic carbocycles. The maximum Gasteiger partial charge on any atom is 0.251 e. The third-order valence-electron chi connectivity index (χ3n) is 3.40. The molecular weight excluding hydrogens is 281 g/mol. The van der Waals surface area contributed by atoms with Crippen molar-refractivity contribution in [3.8, 4) is 0 Å². The summed E-state index contributed by atoms with van der Waals surface area (Å²) < 4.78 is 15.0. The lowest BCUT2D eigenvalue weighted by Crippen LogP contribution is -2.25. The molecule has 0 atom stereocenters. The molecule has 2 heterocycles. The summed E-state index contributed by atoms with van der Waals surface area (Å²) in [6.45, 7) is 2.48. The Balaban J connectivity index is 1.61. The third-order valence-corrected chi connectivity index (χ3v) is 3.40. The minimum absolute atomic E-state index is 0.279. The van der Waals surface area contributed by atoms with E-state index in [1.54, 1.807) is 6.07 Å². The first kappa shape index (κ1) is 14.3. The molecule has 0 bridgehead atoms. The van der Waals surface area contributed by atoms with Crippen molar-refractivity contribution in [2.75, 3.05) is 6.54 Å². The van der Waals surface area contributed by atoms with Gasteiger partial charge >= 0.3 is 0 Å². The van der Waals surface area contributed by atoms with E-state index in [-0.39, 0.29) is 5.91 Å². The molecule has 0 aliphatic rings. The van der Waals surface area contributed by atoms with Crippen molar-refractivity contribution in [3.63, 3.8) is 0 Å². The fourth-order valence-corrected chi connectivity index (χ4v) is 2.31. The normalized spacial score (nSPS) is 10.8. The maximum atomic E-state index is 13.1. The number of imidazole rings is 1. The number of nitrogens with one attached hydrogen (secondary N) is 1. The van der Waals surface area contributed by atoms with Gasteiger partial charge in [-0.25, -0.2) is 9.37 Å². The average Bonchev–Trinajstić information content (AvgIpc) is 2.89. The lowest BCUT2D eigenvalue weighted by atomic mass is 10.2. The monoisotopic (exact) mass is 297 g/mol. The summed E-state index contributed by atoms with van der Waals surface area (Å²) >= 11 is 0. The number of amides is 1. The van der Waals surface area contributed by atoms with Gasteiger partial charge in [-0.3, -0.25) is 4.79 Å². The second kappa shape index (κ2) is 5.97. The Morgan fingerprint density at radius 2 is 2.14 bits per heavy atom. The van der Waals surface area contributed by atoms with Crippen LogP contribution in [-0.2, 0) is 6.42 Å². The molecule has 1 amide bonds. The summed E-state index contributed by atoms with van der Waals surface area (Å²) in [6.07, 6.45) is 4.59. The number of carbonyl (C=O) groups excluding carboxylic acids is 1. The van der Waals surface area contributed by atoms with Gasteiger partial charge in [-0.15, -0.1) is 0 Å². The number of halogens is 1. The predicted molar refractivity (Wildman–Crippen MR) is 82.4 cm³/mol. The molecule has 2 aromatic heterocycles. The summed E-state index contributed by atoms with van der Waals surface area (Å²) in [4.78, 5) is 16.4. The van der Waals surface area contributed by atoms with Crippen LogP contribution in [0.1, 0.15) is 21.6 Å². The average molecular weight is 297 g/mol. The molecule has 0 saturated heterocycles. The van der Waals surface area contributed by atoms with Gasteiger partial charge in [0.05, 0.1) is 5.69 Å². The van der Waals surface area contributed by atoms with Gasteiger partial charge in [0.25, 0.3) is 5.91 Å². The Hall–Kier alpha value is -2.69. The molecule has 5 heteroatoms. The number of aryl methyl sites for hydroxylation is 1. The highest BCUT2D eigenvalue weighted by Crippen LogP contribution is 2.08. The van der Waals surface area contributed by atoms with E-state index in [1.807, 2.05) is 35.9 Å². The van der Waals surface area contributed by atoms with Crippen LogP contribution in [0.3, 0.4) is 0 Å². The molecule has 3 aromatic rings. The van der Waals surface area contributed by atoms with E-state index in [0.29, 0.717) is 18.5 Å². The van der Waals surface area contributed by atoms with Gasteiger partial charge in [0.15, 0.2) is 0 Å². The minimum Gasteiger partial charge on any atom is -0.352 e. The molecule has 22 heavy (non-hydrogen) atoms.